The Morgan fingerprint density at radius 1 is 1.28 bits per heavy atom. The fraction of sp³-hybridized carbons (Fsp3) is 0.125. The van der Waals surface area contributed by atoms with Crippen LogP contribution in [-0.2, 0) is 15.8 Å². The zero-order valence-electron chi connectivity index (χ0n) is 13.2. The monoisotopic (exact) mass is 377 g/mol. The predicted molar refractivity (Wildman–Crippen MR) is 95.5 cm³/mol. The normalized spacial score (nSPS) is 11.6. The molecule has 0 atom stereocenters. The van der Waals surface area contributed by atoms with Gasteiger partial charge < -0.3 is 5.11 Å². The number of carboxylic acids is 1. The average Bonchev–Trinajstić information content (AvgIpc) is 3.24. The molecule has 3 rings (SSSR count). The molecule has 0 radical (unpaired) electrons. The van der Waals surface area contributed by atoms with Crippen molar-refractivity contribution in [3.8, 4) is 16.9 Å². The molecule has 0 aliphatic rings. The first kappa shape index (κ1) is 17.3. The third kappa shape index (κ3) is 3.78. The summed E-state index contributed by atoms with van der Waals surface area (Å²) in [5.74, 6) is -1.23. The van der Waals surface area contributed by atoms with Gasteiger partial charge in [0.2, 0.25) is 10.0 Å². The van der Waals surface area contributed by atoms with Crippen molar-refractivity contribution in [2.45, 2.75) is 5.75 Å². The molecule has 0 aliphatic carbocycles. The molecule has 0 aliphatic heterocycles. The summed E-state index contributed by atoms with van der Waals surface area (Å²) in [6.45, 7) is 0. The van der Waals surface area contributed by atoms with Gasteiger partial charge in [-0.2, -0.15) is 16.4 Å². The number of benzene rings is 1. The van der Waals surface area contributed by atoms with Crippen molar-refractivity contribution in [1.29, 1.82) is 0 Å². The van der Waals surface area contributed by atoms with Crippen molar-refractivity contribution in [1.82, 2.24) is 14.5 Å². The largest absolute Gasteiger partial charge is 0.476 e. The standard InChI is InChI=1S/C16H15N3O4S2/c1-17-25(22,23)10-11-2-4-13(5-3-11)19-15(12-6-7-24-9-12)8-14(18-19)16(20)21/h2-9,17H,10H2,1H3,(H,20,21). The molecule has 0 bridgehead atoms. The van der Waals surface area contributed by atoms with E-state index in [2.05, 4.69) is 9.82 Å². The van der Waals surface area contributed by atoms with Gasteiger partial charge in [0.25, 0.3) is 0 Å². The van der Waals surface area contributed by atoms with Crippen LogP contribution in [-0.4, -0.2) is 36.3 Å². The van der Waals surface area contributed by atoms with Crippen LogP contribution in [0.4, 0.5) is 0 Å². The van der Waals surface area contributed by atoms with Crippen LogP contribution >= 0.6 is 11.3 Å². The predicted octanol–water partition coefficient (Wildman–Crippen LogP) is 2.35. The second-order valence-corrected chi connectivity index (χ2v) is 7.98. The fourth-order valence-electron chi connectivity index (χ4n) is 2.32. The van der Waals surface area contributed by atoms with E-state index in [4.69, 9.17) is 0 Å². The lowest BCUT2D eigenvalue weighted by molar-refractivity contribution is 0.0690. The number of aromatic nitrogens is 2. The minimum atomic E-state index is -3.35. The molecule has 9 heteroatoms. The van der Waals surface area contributed by atoms with Gasteiger partial charge in [-0.05, 0) is 42.3 Å². The highest BCUT2D eigenvalue weighted by Crippen LogP contribution is 2.26. The molecular formula is C16H15N3O4S2. The third-order valence-electron chi connectivity index (χ3n) is 3.59. The number of sulfonamides is 1. The maximum Gasteiger partial charge on any atom is 0.356 e. The number of aromatic carboxylic acids is 1. The molecule has 2 N–H and O–H groups in total. The highest BCUT2D eigenvalue weighted by Gasteiger charge is 2.16. The smallest absolute Gasteiger partial charge is 0.356 e. The van der Waals surface area contributed by atoms with Crippen LogP contribution in [0.2, 0.25) is 0 Å². The molecule has 0 saturated carbocycles. The Morgan fingerprint density at radius 2 is 2.00 bits per heavy atom. The van der Waals surface area contributed by atoms with Gasteiger partial charge in [0.05, 0.1) is 17.1 Å². The second-order valence-electron chi connectivity index (χ2n) is 5.27. The Morgan fingerprint density at radius 3 is 2.56 bits per heavy atom. The summed E-state index contributed by atoms with van der Waals surface area (Å²) in [6, 6.07) is 10.2. The van der Waals surface area contributed by atoms with E-state index < -0.39 is 16.0 Å². The van der Waals surface area contributed by atoms with E-state index in [-0.39, 0.29) is 11.4 Å². The molecule has 2 heterocycles. The number of rotatable bonds is 6. The van der Waals surface area contributed by atoms with Crippen molar-refractivity contribution in [2.75, 3.05) is 7.05 Å². The van der Waals surface area contributed by atoms with Crippen molar-refractivity contribution in [3.05, 3.63) is 58.4 Å². The van der Waals surface area contributed by atoms with Gasteiger partial charge in [0, 0.05) is 10.9 Å². The Hall–Kier alpha value is -2.49. The van der Waals surface area contributed by atoms with E-state index in [1.54, 1.807) is 28.9 Å². The van der Waals surface area contributed by atoms with Crippen molar-refractivity contribution >= 4 is 27.3 Å². The van der Waals surface area contributed by atoms with Gasteiger partial charge in [-0.1, -0.05) is 12.1 Å². The zero-order chi connectivity index (χ0) is 18.0. The average molecular weight is 377 g/mol. The molecule has 0 amide bonds. The molecule has 2 aromatic heterocycles. The summed E-state index contributed by atoms with van der Waals surface area (Å²) in [6.07, 6.45) is 0. The quantitative estimate of drug-likeness (QED) is 0.687. The number of nitrogens with one attached hydrogen (secondary N) is 1. The first-order valence-corrected chi connectivity index (χ1v) is 9.85. The van der Waals surface area contributed by atoms with Crippen LogP contribution in [0.1, 0.15) is 16.1 Å². The topological polar surface area (TPSA) is 101 Å². The van der Waals surface area contributed by atoms with Crippen LogP contribution in [0.25, 0.3) is 16.9 Å². The molecule has 3 aromatic rings. The summed E-state index contributed by atoms with van der Waals surface area (Å²) in [5, 5.41) is 17.2. The number of hydrogen-bond donors (Lipinski definition) is 2. The maximum atomic E-state index is 11.6. The van der Waals surface area contributed by atoms with Gasteiger partial charge in [0.15, 0.2) is 5.69 Å². The van der Waals surface area contributed by atoms with E-state index in [9.17, 15) is 18.3 Å². The van der Waals surface area contributed by atoms with Gasteiger partial charge in [-0.3, -0.25) is 0 Å². The van der Waals surface area contributed by atoms with Crippen molar-refractivity contribution < 1.29 is 18.3 Å². The molecule has 7 nitrogen and oxygen atoms in total. The number of carboxylic acid groups (broad SMARTS) is 1. The number of nitrogens with zero attached hydrogens (tertiary/aromatic N) is 2. The van der Waals surface area contributed by atoms with Gasteiger partial charge >= 0.3 is 5.97 Å². The van der Waals surface area contributed by atoms with Crippen molar-refractivity contribution in [2.24, 2.45) is 0 Å². The zero-order valence-corrected chi connectivity index (χ0v) is 14.8. The minimum absolute atomic E-state index is 0.0527. The molecular weight excluding hydrogens is 362 g/mol. The van der Waals surface area contributed by atoms with Crippen LogP contribution in [0, 0.1) is 0 Å². The second kappa shape index (κ2) is 6.79. The molecule has 25 heavy (non-hydrogen) atoms. The maximum absolute atomic E-state index is 11.6. The van der Waals surface area contributed by atoms with E-state index in [0.717, 1.165) is 5.56 Å². The van der Waals surface area contributed by atoms with Gasteiger partial charge in [-0.25, -0.2) is 22.6 Å². The number of hydrogen-bond acceptors (Lipinski definition) is 5. The molecule has 0 saturated heterocycles. The summed E-state index contributed by atoms with van der Waals surface area (Å²) >= 11 is 1.51. The molecule has 1 aromatic carbocycles. The Balaban J connectivity index is 2.00. The first-order valence-electron chi connectivity index (χ1n) is 7.26. The van der Waals surface area contributed by atoms with Crippen LogP contribution < -0.4 is 4.72 Å². The van der Waals surface area contributed by atoms with E-state index >= 15 is 0 Å². The molecule has 0 fully saturated rings. The minimum Gasteiger partial charge on any atom is -0.476 e. The van der Waals surface area contributed by atoms with E-state index in [0.29, 0.717) is 16.9 Å². The lowest BCUT2D eigenvalue weighted by atomic mass is 10.2. The van der Waals surface area contributed by atoms with Crippen LogP contribution in [0.3, 0.4) is 0 Å². The lowest BCUT2D eigenvalue weighted by Crippen LogP contribution is -2.20. The molecule has 0 unspecified atom stereocenters. The summed E-state index contributed by atoms with van der Waals surface area (Å²) < 4.78 is 27.1. The Labute approximate surface area is 148 Å². The SMILES string of the molecule is CNS(=O)(=O)Cc1ccc(-n2nc(C(=O)O)cc2-c2ccsc2)cc1. The van der Waals surface area contributed by atoms with Crippen LogP contribution in [0.15, 0.2) is 47.2 Å². The summed E-state index contributed by atoms with van der Waals surface area (Å²) in [7, 11) is -1.98. The van der Waals surface area contributed by atoms with Gasteiger partial charge in [0.1, 0.15) is 0 Å². The highest BCUT2D eigenvalue weighted by molar-refractivity contribution is 7.88. The van der Waals surface area contributed by atoms with Crippen molar-refractivity contribution in [3.63, 3.8) is 0 Å². The van der Waals surface area contributed by atoms with E-state index in [1.165, 1.54) is 24.5 Å². The Bertz CT molecular complexity index is 991. The van der Waals surface area contributed by atoms with Crippen LogP contribution in [0.5, 0.6) is 0 Å². The first-order chi connectivity index (χ1) is 11.9. The number of thiophene rings is 1. The van der Waals surface area contributed by atoms with Gasteiger partial charge in [-0.15, -0.1) is 0 Å². The third-order valence-corrected chi connectivity index (χ3v) is 5.61. The highest BCUT2D eigenvalue weighted by atomic mass is 32.2. The molecule has 130 valence electrons. The molecule has 0 spiro atoms. The van der Waals surface area contributed by atoms with E-state index in [1.807, 2.05) is 16.8 Å². The number of carbonyl (C=O) groups is 1. The Kier molecular flexibility index (Phi) is 4.71. The lowest BCUT2D eigenvalue weighted by Gasteiger charge is -2.08. The summed E-state index contributed by atoms with van der Waals surface area (Å²) in [4.78, 5) is 11.3. The summed E-state index contributed by atoms with van der Waals surface area (Å²) in [5.41, 5.74) is 2.75. The fourth-order valence-corrected chi connectivity index (χ4v) is 3.75.